The van der Waals surface area contributed by atoms with Crippen molar-refractivity contribution >= 4 is 18.3 Å². The average Bonchev–Trinajstić information content (AvgIpc) is 2.47. The first-order valence-corrected chi connectivity index (χ1v) is 7.11. The van der Waals surface area contributed by atoms with Crippen LogP contribution < -0.4 is 11.1 Å². The van der Waals surface area contributed by atoms with Crippen molar-refractivity contribution in [2.45, 2.75) is 19.4 Å². The Morgan fingerprint density at radius 2 is 2.00 bits per heavy atom. The Morgan fingerprint density at radius 1 is 1.33 bits per heavy atom. The number of benzene rings is 1. The van der Waals surface area contributed by atoms with Gasteiger partial charge in [-0.05, 0) is 44.5 Å². The molecule has 1 aliphatic rings. The Balaban J connectivity index is 0.00000220. The van der Waals surface area contributed by atoms with Gasteiger partial charge in [-0.2, -0.15) is 0 Å². The Hall–Kier alpha value is -1.17. The van der Waals surface area contributed by atoms with Crippen molar-refractivity contribution in [1.82, 2.24) is 10.2 Å². The molecular formula is C15H23ClFN3O. The normalized spacial score (nSPS) is 16.3. The minimum atomic E-state index is -0.281. The molecule has 0 unspecified atom stereocenters. The van der Waals surface area contributed by atoms with E-state index in [1.54, 1.807) is 18.2 Å². The molecule has 4 nitrogen and oxygen atoms in total. The molecule has 0 bridgehead atoms. The summed E-state index contributed by atoms with van der Waals surface area (Å²) in [4.78, 5) is 14.0. The molecule has 1 amide bonds. The molecule has 0 spiro atoms. The molecule has 0 aromatic heterocycles. The highest BCUT2D eigenvalue weighted by molar-refractivity contribution is 5.85. The van der Waals surface area contributed by atoms with Crippen LogP contribution in [0.3, 0.4) is 0 Å². The molecule has 0 saturated carbocycles. The van der Waals surface area contributed by atoms with Crippen molar-refractivity contribution in [1.29, 1.82) is 0 Å². The lowest BCUT2D eigenvalue weighted by Crippen LogP contribution is -2.42. The van der Waals surface area contributed by atoms with Crippen LogP contribution in [-0.4, -0.2) is 37.0 Å². The topological polar surface area (TPSA) is 58.4 Å². The van der Waals surface area contributed by atoms with Gasteiger partial charge < -0.3 is 11.1 Å². The Kier molecular flexibility index (Phi) is 7.64. The van der Waals surface area contributed by atoms with Gasteiger partial charge in [0.1, 0.15) is 5.82 Å². The quantitative estimate of drug-likeness (QED) is 0.866. The van der Waals surface area contributed by atoms with Crippen LogP contribution in [0.15, 0.2) is 24.3 Å². The lowest BCUT2D eigenvalue weighted by molar-refractivity contribution is -0.122. The number of hydrogen-bond acceptors (Lipinski definition) is 3. The minimum Gasteiger partial charge on any atom is -0.351 e. The van der Waals surface area contributed by atoms with E-state index in [-0.39, 0.29) is 30.7 Å². The molecule has 1 heterocycles. The summed E-state index contributed by atoms with van der Waals surface area (Å²) >= 11 is 0. The van der Waals surface area contributed by atoms with E-state index < -0.39 is 0 Å². The highest BCUT2D eigenvalue weighted by Gasteiger charge is 2.19. The molecule has 1 aromatic rings. The number of rotatable bonds is 5. The lowest BCUT2D eigenvalue weighted by atomic mass is 9.97. The van der Waals surface area contributed by atoms with Gasteiger partial charge in [0, 0.05) is 12.1 Å². The van der Waals surface area contributed by atoms with Crippen molar-refractivity contribution in [2.75, 3.05) is 26.2 Å². The molecule has 1 aromatic carbocycles. The van der Waals surface area contributed by atoms with E-state index in [9.17, 15) is 9.18 Å². The summed E-state index contributed by atoms with van der Waals surface area (Å²) in [6.45, 7) is 3.17. The smallest absolute Gasteiger partial charge is 0.234 e. The molecule has 1 saturated heterocycles. The summed E-state index contributed by atoms with van der Waals surface area (Å²) in [7, 11) is 0. The van der Waals surface area contributed by atoms with Gasteiger partial charge in [0.05, 0.1) is 6.54 Å². The fourth-order valence-electron chi connectivity index (χ4n) is 2.47. The number of likely N-dealkylation sites (tertiary alicyclic amines) is 1. The predicted molar refractivity (Wildman–Crippen MR) is 83.7 cm³/mol. The standard InChI is InChI=1S/C15H22FN3O.ClH/c16-14-4-2-1-3-13(14)10-18-15(20)11-19-7-5-12(9-17)6-8-19;/h1-4,12H,5-11,17H2,(H,18,20);1H. The molecule has 6 heteroatoms. The van der Waals surface area contributed by atoms with Gasteiger partial charge in [0.15, 0.2) is 0 Å². The zero-order valence-corrected chi connectivity index (χ0v) is 12.9. The van der Waals surface area contributed by atoms with Crippen LogP contribution >= 0.6 is 12.4 Å². The number of halogens is 2. The van der Waals surface area contributed by atoms with Crippen molar-refractivity contribution in [3.63, 3.8) is 0 Å². The fraction of sp³-hybridized carbons (Fsp3) is 0.533. The Labute approximate surface area is 131 Å². The maximum atomic E-state index is 13.4. The summed E-state index contributed by atoms with van der Waals surface area (Å²) in [5, 5.41) is 2.77. The van der Waals surface area contributed by atoms with Crippen LogP contribution in [0, 0.1) is 11.7 Å². The highest BCUT2D eigenvalue weighted by atomic mass is 35.5. The first-order valence-electron chi connectivity index (χ1n) is 7.11. The third kappa shape index (κ3) is 5.61. The second-order valence-electron chi connectivity index (χ2n) is 5.32. The molecule has 21 heavy (non-hydrogen) atoms. The van der Waals surface area contributed by atoms with E-state index >= 15 is 0 Å². The molecule has 1 fully saturated rings. The molecule has 2 rings (SSSR count). The van der Waals surface area contributed by atoms with Crippen LogP contribution in [0.5, 0.6) is 0 Å². The van der Waals surface area contributed by atoms with E-state index in [1.807, 2.05) is 0 Å². The average molecular weight is 316 g/mol. The van der Waals surface area contributed by atoms with Crippen molar-refractivity contribution in [3.05, 3.63) is 35.6 Å². The number of amides is 1. The van der Waals surface area contributed by atoms with E-state index in [2.05, 4.69) is 10.2 Å². The molecule has 118 valence electrons. The molecule has 0 atom stereocenters. The number of carbonyl (C=O) groups is 1. The molecule has 3 N–H and O–H groups in total. The van der Waals surface area contributed by atoms with E-state index in [4.69, 9.17) is 5.73 Å². The van der Waals surface area contributed by atoms with Crippen LogP contribution in [0.25, 0.3) is 0 Å². The minimum absolute atomic E-state index is 0. The summed E-state index contributed by atoms with van der Waals surface area (Å²) in [5.74, 6) is 0.253. The van der Waals surface area contributed by atoms with E-state index in [0.29, 0.717) is 18.0 Å². The third-order valence-corrected chi connectivity index (χ3v) is 3.84. The number of piperidine rings is 1. The number of carbonyl (C=O) groups excluding carboxylic acids is 1. The Bertz CT molecular complexity index is 450. The largest absolute Gasteiger partial charge is 0.351 e. The zero-order valence-electron chi connectivity index (χ0n) is 12.1. The summed E-state index contributed by atoms with van der Waals surface area (Å²) in [6, 6.07) is 6.49. The highest BCUT2D eigenvalue weighted by Crippen LogP contribution is 2.15. The maximum Gasteiger partial charge on any atom is 0.234 e. The molecule has 1 aliphatic heterocycles. The lowest BCUT2D eigenvalue weighted by Gasteiger charge is -2.30. The van der Waals surface area contributed by atoms with Crippen molar-refractivity contribution in [3.8, 4) is 0 Å². The van der Waals surface area contributed by atoms with E-state index in [0.717, 1.165) is 32.5 Å². The van der Waals surface area contributed by atoms with Crippen LogP contribution in [0.2, 0.25) is 0 Å². The van der Waals surface area contributed by atoms with E-state index in [1.165, 1.54) is 6.07 Å². The summed E-state index contributed by atoms with van der Waals surface area (Å²) < 4.78 is 13.4. The Morgan fingerprint density at radius 3 is 2.62 bits per heavy atom. The monoisotopic (exact) mass is 315 g/mol. The fourth-order valence-corrected chi connectivity index (χ4v) is 2.47. The van der Waals surface area contributed by atoms with Crippen LogP contribution in [0.1, 0.15) is 18.4 Å². The molecular weight excluding hydrogens is 293 g/mol. The maximum absolute atomic E-state index is 13.4. The number of hydrogen-bond donors (Lipinski definition) is 2. The predicted octanol–water partition coefficient (Wildman–Crippen LogP) is 1.53. The van der Waals surface area contributed by atoms with Gasteiger partial charge in [-0.15, -0.1) is 12.4 Å². The first kappa shape index (κ1) is 17.9. The molecule has 0 aliphatic carbocycles. The zero-order chi connectivity index (χ0) is 14.4. The summed E-state index contributed by atoms with van der Waals surface area (Å²) in [6.07, 6.45) is 2.11. The third-order valence-electron chi connectivity index (χ3n) is 3.84. The van der Waals surface area contributed by atoms with Gasteiger partial charge in [-0.3, -0.25) is 9.69 Å². The van der Waals surface area contributed by atoms with Gasteiger partial charge in [-0.25, -0.2) is 4.39 Å². The number of nitrogens with one attached hydrogen (secondary N) is 1. The second-order valence-corrected chi connectivity index (χ2v) is 5.32. The first-order chi connectivity index (χ1) is 9.69. The number of nitrogens with zero attached hydrogens (tertiary/aromatic N) is 1. The van der Waals surface area contributed by atoms with Crippen molar-refractivity contribution < 1.29 is 9.18 Å². The van der Waals surface area contributed by atoms with Gasteiger partial charge in [-0.1, -0.05) is 18.2 Å². The summed E-state index contributed by atoms with van der Waals surface area (Å²) in [5.41, 5.74) is 6.16. The number of nitrogens with two attached hydrogens (primary N) is 1. The van der Waals surface area contributed by atoms with Crippen molar-refractivity contribution in [2.24, 2.45) is 11.7 Å². The van der Waals surface area contributed by atoms with Crippen LogP contribution in [0.4, 0.5) is 4.39 Å². The van der Waals surface area contributed by atoms with Gasteiger partial charge in [0.2, 0.25) is 5.91 Å². The van der Waals surface area contributed by atoms with Gasteiger partial charge >= 0.3 is 0 Å². The van der Waals surface area contributed by atoms with Crippen LogP contribution in [-0.2, 0) is 11.3 Å². The SMILES string of the molecule is Cl.NCC1CCN(CC(=O)NCc2ccccc2F)CC1. The second kappa shape index (κ2) is 8.97. The van der Waals surface area contributed by atoms with Gasteiger partial charge in [0.25, 0.3) is 0 Å². The molecule has 0 radical (unpaired) electrons.